The number of methoxy groups -OCH3 is 1. The summed E-state index contributed by atoms with van der Waals surface area (Å²) in [4.78, 5) is 3.97. The highest BCUT2D eigenvalue weighted by Crippen LogP contribution is 2.24. The molecule has 0 aliphatic rings. The number of aromatic nitrogens is 1. The van der Waals surface area contributed by atoms with Gasteiger partial charge in [0.15, 0.2) is 0 Å². The predicted molar refractivity (Wildman–Crippen MR) is 71.3 cm³/mol. The molecule has 4 nitrogen and oxygen atoms in total. The van der Waals surface area contributed by atoms with Gasteiger partial charge < -0.3 is 9.47 Å². The zero-order valence-corrected chi connectivity index (χ0v) is 11.0. The molecule has 0 spiro atoms. The molecular formula is C14H11ClN2O2. The van der Waals surface area contributed by atoms with Crippen LogP contribution in [-0.4, -0.2) is 12.1 Å². The average molecular weight is 275 g/mol. The van der Waals surface area contributed by atoms with Gasteiger partial charge in [0.05, 0.1) is 18.7 Å². The van der Waals surface area contributed by atoms with Gasteiger partial charge in [-0.2, -0.15) is 5.26 Å². The third-order valence-corrected chi connectivity index (χ3v) is 2.82. The number of rotatable bonds is 4. The molecule has 0 bridgehead atoms. The number of hydrogen-bond donors (Lipinski definition) is 0. The van der Waals surface area contributed by atoms with Crippen molar-refractivity contribution in [1.29, 1.82) is 5.26 Å². The van der Waals surface area contributed by atoms with Gasteiger partial charge >= 0.3 is 0 Å². The van der Waals surface area contributed by atoms with E-state index in [1.54, 1.807) is 30.5 Å². The second-order valence-corrected chi connectivity index (χ2v) is 4.11. The second kappa shape index (κ2) is 6.07. The maximum absolute atomic E-state index is 8.92. The topological polar surface area (TPSA) is 55.1 Å². The first-order valence-corrected chi connectivity index (χ1v) is 5.92. The van der Waals surface area contributed by atoms with Crippen LogP contribution in [0.2, 0.25) is 5.15 Å². The normalized spacial score (nSPS) is 9.74. The fourth-order valence-electron chi connectivity index (χ4n) is 1.53. The Morgan fingerprint density at radius 1 is 1.32 bits per heavy atom. The molecule has 0 amide bonds. The fraction of sp³-hybridized carbons (Fsp3) is 0.143. The number of benzene rings is 1. The Hall–Kier alpha value is -2.25. The van der Waals surface area contributed by atoms with Crippen molar-refractivity contribution < 1.29 is 9.47 Å². The number of halogens is 1. The largest absolute Gasteiger partial charge is 0.497 e. The van der Waals surface area contributed by atoms with E-state index >= 15 is 0 Å². The van der Waals surface area contributed by atoms with Gasteiger partial charge in [-0.05, 0) is 18.2 Å². The lowest BCUT2D eigenvalue weighted by molar-refractivity contribution is 0.303. The molecule has 1 heterocycles. The van der Waals surface area contributed by atoms with E-state index in [1.807, 2.05) is 6.07 Å². The first kappa shape index (κ1) is 13.2. The molecule has 0 unspecified atom stereocenters. The Kier molecular flexibility index (Phi) is 4.22. The minimum absolute atomic E-state index is 0.282. The van der Waals surface area contributed by atoms with Crippen LogP contribution < -0.4 is 9.47 Å². The van der Waals surface area contributed by atoms with Gasteiger partial charge in [0.25, 0.3) is 0 Å². The first-order chi connectivity index (χ1) is 9.22. The molecule has 0 radical (unpaired) electrons. The van der Waals surface area contributed by atoms with E-state index in [1.165, 1.54) is 7.11 Å². The van der Waals surface area contributed by atoms with E-state index in [4.69, 9.17) is 26.3 Å². The van der Waals surface area contributed by atoms with Crippen LogP contribution in [0.25, 0.3) is 0 Å². The summed E-state index contributed by atoms with van der Waals surface area (Å²) in [6, 6.07) is 10.7. The summed E-state index contributed by atoms with van der Waals surface area (Å²) in [6.45, 7) is 0.282. The van der Waals surface area contributed by atoms with Gasteiger partial charge in [0.2, 0.25) is 0 Å². The molecule has 1 aromatic heterocycles. The van der Waals surface area contributed by atoms with Crippen LogP contribution in [0, 0.1) is 11.3 Å². The SMILES string of the molecule is COc1cc(C#N)cc(OCc2cccnc2Cl)c1. The van der Waals surface area contributed by atoms with Crippen molar-refractivity contribution in [2.75, 3.05) is 7.11 Å². The quantitative estimate of drug-likeness (QED) is 0.804. The van der Waals surface area contributed by atoms with Crippen LogP contribution in [0.4, 0.5) is 0 Å². The van der Waals surface area contributed by atoms with E-state index in [-0.39, 0.29) is 6.61 Å². The molecule has 96 valence electrons. The zero-order chi connectivity index (χ0) is 13.7. The van der Waals surface area contributed by atoms with E-state index in [0.717, 1.165) is 5.56 Å². The van der Waals surface area contributed by atoms with Gasteiger partial charge in [0, 0.05) is 17.8 Å². The molecule has 0 aliphatic heterocycles. The number of hydrogen-bond acceptors (Lipinski definition) is 4. The van der Waals surface area contributed by atoms with Crippen molar-refractivity contribution in [3.8, 4) is 17.6 Å². The van der Waals surface area contributed by atoms with E-state index < -0.39 is 0 Å². The molecule has 0 saturated heterocycles. The molecule has 0 fully saturated rings. The molecule has 1 aromatic carbocycles. The van der Waals surface area contributed by atoms with Crippen molar-refractivity contribution >= 4 is 11.6 Å². The summed E-state index contributed by atoms with van der Waals surface area (Å²) in [5.74, 6) is 1.13. The van der Waals surface area contributed by atoms with Crippen LogP contribution in [0.5, 0.6) is 11.5 Å². The highest BCUT2D eigenvalue weighted by atomic mass is 35.5. The molecule has 19 heavy (non-hydrogen) atoms. The van der Waals surface area contributed by atoms with Crippen molar-refractivity contribution in [1.82, 2.24) is 4.98 Å². The zero-order valence-electron chi connectivity index (χ0n) is 10.3. The van der Waals surface area contributed by atoms with Crippen LogP contribution in [0.1, 0.15) is 11.1 Å². The van der Waals surface area contributed by atoms with E-state index in [0.29, 0.717) is 22.2 Å². The number of nitrogens with zero attached hydrogens (tertiary/aromatic N) is 2. The summed E-state index contributed by atoms with van der Waals surface area (Å²) >= 11 is 5.94. The standard InChI is InChI=1S/C14H11ClN2O2/c1-18-12-5-10(8-16)6-13(7-12)19-9-11-3-2-4-17-14(11)15/h2-7H,9H2,1H3. The Bertz CT molecular complexity index is 623. The van der Waals surface area contributed by atoms with Crippen LogP contribution in [0.3, 0.4) is 0 Å². The summed E-state index contributed by atoms with van der Waals surface area (Å²) in [6.07, 6.45) is 1.62. The van der Waals surface area contributed by atoms with E-state index in [2.05, 4.69) is 11.1 Å². The molecular weight excluding hydrogens is 264 g/mol. The van der Waals surface area contributed by atoms with Crippen molar-refractivity contribution in [2.24, 2.45) is 0 Å². The number of nitriles is 1. The highest BCUT2D eigenvalue weighted by Gasteiger charge is 2.05. The van der Waals surface area contributed by atoms with Gasteiger partial charge in [-0.25, -0.2) is 4.98 Å². The maximum atomic E-state index is 8.92. The lowest BCUT2D eigenvalue weighted by Crippen LogP contribution is -1.98. The Labute approximate surface area is 116 Å². The Morgan fingerprint density at radius 2 is 2.11 bits per heavy atom. The van der Waals surface area contributed by atoms with Crippen LogP contribution in [-0.2, 0) is 6.61 Å². The lowest BCUT2D eigenvalue weighted by Gasteiger charge is -2.09. The fourth-order valence-corrected chi connectivity index (χ4v) is 1.70. The van der Waals surface area contributed by atoms with Gasteiger partial charge in [-0.1, -0.05) is 17.7 Å². The minimum Gasteiger partial charge on any atom is -0.497 e. The first-order valence-electron chi connectivity index (χ1n) is 5.54. The molecule has 2 aromatic rings. The number of pyridine rings is 1. The Balaban J connectivity index is 2.16. The summed E-state index contributed by atoms with van der Waals surface area (Å²) in [7, 11) is 1.54. The summed E-state index contributed by atoms with van der Waals surface area (Å²) in [5, 5.41) is 9.33. The monoisotopic (exact) mass is 274 g/mol. The molecule has 5 heteroatoms. The Morgan fingerprint density at radius 3 is 2.79 bits per heavy atom. The molecule has 2 rings (SSSR count). The smallest absolute Gasteiger partial charge is 0.135 e. The van der Waals surface area contributed by atoms with Crippen LogP contribution >= 0.6 is 11.6 Å². The van der Waals surface area contributed by atoms with Crippen LogP contribution in [0.15, 0.2) is 36.5 Å². The third-order valence-electron chi connectivity index (χ3n) is 2.48. The average Bonchev–Trinajstić information content (AvgIpc) is 2.46. The summed E-state index contributed by atoms with van der Waals surface area (Å²) < 4.78 is 10.7. The van der Waals surface area contributed by atoms with Gasteiger partial charge in [-0.15, -0.1) is 0 Å². The molecule has 0 atom stereocenters. The summed E-state index contributed by atoms with van der Waals surface area (Å²) in [5.41, 5.74) is 1.26. The van der Waals surface area contributed by atoms with Gasteiger partial charge in [0.1, 0.15) is 23.3 Å². The highest BCUT2D eigenvalue weighted by molar-refractivity contribution is 6.30. The van der Waals surface area contributed by atoms with Crippen molar-refractivity contribution in [3.63, 3.8) is 0 Å². The van der Waals surface area contributed by atoms with Crippen molar-refractivity contribution in [2.45, 2.75) is 6.61 Å². The molecule has 0 aliphatic carbocycles. The van der Waals surface area contributed by atoms with Crippen molar-refractivity contribution in [3.05, 3.63) is 52.8 Å². The predicted octanol–water partition coefficient (Wildman–Crippen LogP) is 3.19. The minimum atomic E-state index is 0.282. The van der Waals surface area contributed by atoms with Gasteiger partial charge in [-0.3, -0.25) is 0 Å². The van der Waals surface area contributed by atoms with E-state index in [9.17, 15) is 0 Å². The molecule has 0 N–H and O–H groups in total. The lowest BCUT2D eigenvalue weighted by atomic mass is 10.2. The third kappa shape index (κ3) is 3.36. The molecule has 0 saturated carbocycles. The maximum Gasteiger partial charge on any atom is 0.135 e. The number of ether oxygens (including phenoxy) is 2. The second-order valence-electron chi connectivity index (χ2n) is 3.75.